The van der Waals surface area contributed by atoms with E-state index in [1.54, 1.807) is 0 Å². The van der Waals surface area contributed by atoms with Gasteiger partial charge in [-0.3, -0.25) is 0 Å². The minimum absolute atomic E-state index is 0.655. The number of fused-ring (bicyclic) bond motifs is 6. The Kier molecular flexibility index (Phi) is 6.00. The highest BCUT2D eigenvalue weighted by molar-refractivity contribution is 7.26. The Labute approximate surface area is 264 Å². The first-order valence-electron chi connectivity index (χ1n) is 15.0. The Hall–Kier alpha value is -5.71. The fourth-order valence-electron chi connectivity index (χ4n) is 6.29. The molecule has 7 aromatic carbocycles. The van der Waals surface area contributed by atoms with Crippen LogP contribution in [-0.2, 0) is 0 Å². The molecule has 9 rings (SSSR count). The Balaban J connectivity index is 1.28. The summed E-state index contributed by atoms with van der Waals surface area (Å²) in [5, 5.41) is 7.49. The lowest BCUT2D eigenvalue weighted by Crippen LogP contribution is -2.00. The second-order valence-corrected chi connectivity index (χ2v) is 12.3. The zero-order valence-corrected chi connectivity index (χ0v) is 25.0. The van der Waals surface area contributed by atoms with E-state index in [0.717, 1.165) is 27.6 Å². The van der Waals surface area contributed by atoms with E-state index in [0.29, 0.717) is 17.5 Å². The van der Waals surface area contributed by atoms with Crippen molar-refractivity contribution in [2.24, 2.45) is 0 Å². The van der Waals surface area contributed by atoms with Crippen LogP contribution in [0, 0.1) is 0 Å². The molecule has 0 atom stereocenters. The second-order valence-electron chi connectivity index (χ2n) is 11.3. The van der Waals surface area contributed by atoms with Crippen molar-refractivity contribution in [3.05, 3.63) is 152 Å². The number of hydrogen-bond donors (Lipinski definition) is 0. The van der Waals surface area contributed by atoms with Crippen LogP contribution in [0.4, 0.5) is 0 Å². The lowest BCUT2D eigenvalue weighted by atomic mass is 9.93. The van der Waals surface area contributed by atoms with E-state index in [2.05, 4.69) is 91.0 Å². The summed E-state index contributed by atoms with van der Waals surface area (Å²) < 4.78 is 2.64. The Morgan fingerprint density at radius 1 is 0.356 bits per heavy atom. The third-order valence-corrected chi connectivity index (χ3v) is 9.71. The normalized spacial score (nSPS) is 11.6. The van der Waals surface area contributed by atoms with Gasteiger partial charge >= 0.3 is 0 Å². The molecule has 2 aromatic heterocycles. The maximum atomic E-state index is 5.04. The first-order chi connectivity index (χ1) is 22.3. The molecule has 0 bridgehead atoms. The molecular formula is C41H25N3S. The van der Waals surface area contributed by atoms with E-state index >= 15 is 0 Å². The lowest BCUT2D eigenvalue weighted by Gasteiger charge is -2.13. The van der Waals surface area contributed by atoms with Crippen molar-refractivity contribution in [3.8, 4) is 45.3 Å². The summed E-state index contributed by atoms with van der Waals surface area (Å²) in [6, 6.07) is 53.3. The highest BCUT2D eigenvalue weighted by atomic mass is 32.1. The molecule has 0 saturated carbocycles. The van der Waals surface area contributed by atoms with Crippen LogP contribution in [0.25, 0.3) is 87.0 Å². The van der Waals surface area contributed by atoms with E-state index in [1.165, 1.54) is 41.9 Å². The molecule has 4 heteroatoms. The van der Waals surface area contributed by atoms with Crippen LogP contribution in [0.2, 0.25) is 0 Å². The fraction of sp³-hybridized carbons (Fsp3) is 0. The molecule has 2 heterocycles. The van der Waals surface area contributed by atoms with Gasteiger partial charge in [-0.05, 0) is 51.6 Å². The highest BCUT2D eigenvalue weighted by Crippen LogP contribution is 2.41. The van der Waals surface area contributed by atoms with Gasteiger partial charge in [-0.15, -0.1) is 11.3 Å². The second kappa shape index (κ2) is 10.5. The van der Waals surface area contributed by atoms with Gasteiger partial charge in [0, 0.05) is 42.2 Å². The summed E-state index contributed by atoms with van der Waals surface area (Å²) in [4.78, 5) is 15.0. The van der Waals surface area contributed by atoms with E-state index in [-0.39, 0.29) is 0 Å². The molecule has 0 radical (unpaired) electrons. The molecule has 210 valence electrons. The van der Waals surface area contributed by atoms with Crippen molar-refractivity contribution < 1.29 is 0 Å². The minimum Gasteiger partial charge on any atom is -0.208 e. The summed E-state index contributed by atoms with van der Waals surface area (Å²) in [6.45, 7) is 0. The van der Waals surface area contributed by atoms with Crippen molar-refractivity contribution in [2.45, 2.75) is 0 Å². The van der Waals surface area contributed by atoms with Crippen molar-refractivity contribution in [1.29, 1.82) is 0 Å². The van der Waals surface area contributed by atoms with Crippen LogP contribution < -0.4 is 0 Å². The predicted octanol–water partition coefficient (Wildman–Crippen LogP) is 11.2. The predicted molar refractivity (Wildman–Crippen MR) is 189 cm³/mol. The molecule has 3 nitrogen and oxygen atoms in total. The van der Waals surface area contributed by atoms with E-state index in [4.69, 9.17) is 15.0 Å². The lowest BCUT2D eigenvalue weighted by molar-refractivity contribution is 1.07. The Morgan fingerprint density at radius 3 is 1.69 bits per heavy atom. The standard InChI is InChI=1S/C41H25N3S/c1-3-11-27(12-4-1)39-42-40(28-13-5-2-6-14-28)44-41(43-39)31-23-29-15-7-8-16-32(29)35(25-31)30-20-19-26-21-22-34-33-17-9-10-18-37(33)45-38(34)36(26)24-30/h1-25H. The molecule has 0 aliphatic rings. The van der Waals surface area contributed by atoms with Crippen molar-refractivity contribution in [1.82, 2.24) is 15.0 Å². The summed E-state index contributed by atoms with van der Waals surface area (Å²) in [5.41, 5.74) is 5.21. The number of benzene rings is 7. The Bertz CT molecular complexity index is 2480. The van der Waals surface area contributed by atoms with Crippen LogP contribution in [0.1, 0.15) is 0 Å². The fourth-order valence-corrected chi connectivity index (χ4v) is 7.52. The molecule has 0 aliphatic heterocycles. The zero-order valence-electron chi connectivity index (χ0n) is 24.2. The quantitative estimate of drug-likeness (QED) is 0.204. The van der Waals surface area contributed by atoms with E-state index < -0.39 is 0 Å². The van der Waals surface area contributed by atoms with Gasteiger partial charge in [-0.25, -0.2) is 15.0 Å². The largest absolute Gasteiger partial charge is 0.208 e. The third-order valence-electron chi connectivity index (χ3n) is 8.49. The van der Waals surface area contributed by atoms with Gasteiger partial charge < -0.3 is 0 Å². The van der Waals surface area contributed by atoms with Crippen LogP contribution in [0.15, 0.2) is 152 Å². The smallest absolute Gasteiger partial charge is 0.164 e. The molecular weight excluding hydrogens is 567 g/mol. The first kappa shape index (κ1) is 25.8. The monoisotopic (exact) mass is 591 g/mol. The van der Waals surface area contributed by atoms with Gasteiger partial charge in [0.1, 0.15) is 0 Å². The SMILES string of the molecule is c1ccc(-c2nc(-c3ccccc3)nc(-c3cc(-c4ccc5ccc6c7ccccc7sc6c5c4)c4ccccc4c3)n2)cc1. The molecule has 0 amide bonds. The van der Waals surface area contributed by atoms with E-state index in [1.807, 2.05) is 72.0 Å². The number of rotatable bonds is 4. The average molecular weight is 592 g/mol. The Morgan fingerprint density at radius 2 is 0.956 bits per heavy atom. The molecule has 9 aromatic rings. The average Bonchev–Trinajstić information content (AvgIpc) is 3.51. The van der Waals surface area contributed by atoms with Crippen LogP contribution >= 0.6 is 11.3 Å². The van der Waals surface area contributed by atoms with Gasteiger partial charge in [0.2, 0.25) is 0 Å². The number of hydrogen-bond acceptors (Lipinski definition) is 4. The molecule has 45 heavy (non-hydrogen) atoms. The molecule has 0 saturated heterocycles. The first-order valence-corrected chi connectivity index (χ1v) is 15.8. The zero-order chi connectivity index (χ0) is 29.7. The maximum absolute atomic E-state index is 5.04. The molecule has 0 N–H and O–H groups in total. The third kappa shape index (κ3) is 4.46. The van der Waals surface area contributed by atoms with Gasteiger partial charge in [-0.1, -0.05) is 127 Å². The minimum atomic E-state index is 0.655. The summed E-state index contributed by atoms with van der Waals surface area (Å²) in [6.07, 6.45) is 0. The van der Waals surface area contributed by atoms with Crippen molar-refractivity contribution in [2.75, 3.05) is 0 Å². The van der Waals surface area contributed by atoms with Crippen LogP contribution in [0.3, 0.4) is 0 Å². The topological polar surface area (TPSA) is 38.7 Å². The number of aromatic nitrogens is 3. The van der Waals surface area contributed by atoms with Crippen LogP contribution in [0.5, 0.6) is 0 Å². The summed E-state index contributed by atoms with van der Waals surface area (Å²) in [7, 11) is 0. The molecule has 0 aliphatic carbocycles. The van der Waals surface area contributed by atoms with Gasteiger partial charge in [0.25, 0.3) is 0 Å². The summed E-state index contributed by atoms with van der Waals surface area (Å²) in [5.74, 6) is 1.97. The van der Waals surface area contributed by atoms with Gasteiger partial charge in [0.05, 0.1) is 0 Å². The van der Waals surface area contributed by atoms with Crippen molar-refractivity contribution in [3.63, 3.8) is 0 Å². The maximum Gasteiger partial charge on any atom is 0.164 e. The number of nitrogens with zero attached hydrogens (tertiary/aromatic N) is 3. The number of thiophene rings is 1. The molecule has 0 fully saturated rings. The molecule has 0 unspecified atom stereocenters. The van der Waals surface area contributed by atoms with E-state index in [9.17, 15) is 0 Å². The molecule has 0 spiro atoms. The van der Waals surface area contributed by atoms with Crippen LogP contribution in [-0.4, -0.2) is 15.0 Å². The van der Waals surface area contributed by atoms with Crippen molar-refractivity contribution >= 4 is 53.1 Å². The summed E-state index contributed by atoms with van der Waals surface area (Å²) >= 11 is 1.87. The van der Waals surface area contributed by atoms with Gasteiger partial charge in [-0.2, -0.15) is 0 Å². The highest BCUT2D eigenvalue weighted by Gasteiger charge is 2.16. The van der Waals surface area contributed by atoms with Gasteiger partial charge in [0.15, 0.2) is 17.5 Å².